The van der Waals surface area contributed by atoms with Crippen molar-refractivity contribution in [3.63, 3.8) is 0 Å². The van der Waals surface area contributed by atoms with Crippen LogP contribution in [0.1, 0.15) is 15.3 Å². The highest BCUT2D eigenvalue weighted by Crippen LogP contribution is 2.20. The van der Waals surface area contributed by atoms with E-state index in [2.05, 4.69) is 35.9 Å². The molecule has 0 nitrogen and oxygen atoms in total. The minimum absolute atomic E-state index is 1.10. The predicted octanol–water partition coefficient (Wildman–Crippen LogP) is 3.71. The predicted molar refractivity (Wildman–Crippen MR) is 56.2 cm³/mol. The maximum absolute atomic E-state index is 2.22. The minimum atomic E-state index is 1.10. The van der Waals surface area contributed by atoms with Gasteiger partial charge in [-0.05, 0) is 35.4 Å². The van der Waals surface area contributed by atoms with Gasteiger partial charge >= 0.3 is 0 Å². The Balaban J connectivity index is 2.20. The lowest BCUT2D eigenvalue weighted by Gasteiger charge is -1.95. The molecule has 0 aliphatic heterocycles. The molecule has 0 spiro atoms. The fourth-order valence-corrected chi connectivity index (χ4v) is 2.65. The zero-order chi connectivity index (χ0) is 8.39. The van der Waals surface area contributed by atoms with Gasteiger partial charge in [-0.15, -0.1) is 22.7 Å². The second-order valence-electron chi connectivity index (χ2n) is 2.76. The summed E-state index contributed by atoms with van der Waals surface area (Å²) in [5, 5.41) is 4.30. The van der Waals surface area contributed by atoms with Gasteiger partial charge in [0.2, 0.25) is 0 Å². The van der Waals surface area contributed by atoms with Crippen molar-refractivity contribution in [2.45, 2.75) is 13.3 Å². The Morgan fingerprint density at radius 1 is 1.17 bits per heavy atom. The Bertz CT molecular complexity index is 344. The molecule has 0 N–H and O–H groups in total. The Morgan fingerprint density at radius 3 is 2.67 bits per heavy atom. The molecule has 2 heteroatoms. The molecule has 2 aromatic heterocycles. The molecule has 62 valence electrons. The molecule has 0 aromatic carbocycles. The van der Waals surface area contributed by atoms with E-state index in [1.807, 2.05) is 22.7 Å². The molecule has 12 heavy (non-hydrogen) atoms. The molecular weight excluding hydrogens is 184 g/mol. The van der Waals surface area contributed by atoms with E-state index in [1.165, 1.54) is 15.3 Å². The van der Waals surface area contributed by atoms with Gasteiger partial charge in [0, 0.05) is 16.2 Å². The summed E-state index contributed by atoms with van der Waals surface area (Å²) in [4.78, 5) is 2.90. The number of hydrogen-bond acceptors (Lipinski definition) is 2. The molecular formula is C10H10S2. The summed E-state index contributed by atoms with van der Waals surface area (Å²) in [6.45, 7) is 2.19. The van der Waals surface area contributed by atoms with Gasteiger partial charge in [-0.2, -0.15) is 0 Å². The first-order chi connectivity index (χ1) is 5.86. The molecule has 0 aliphatic rings. The van der Waals surface area contributed by atoms with Crippen LogP contribution >= 0.6 is 22.7 Å². The summed E-state index contributed by atoms with van der Waals surface area (Å²) in [6, 6.07) is 6.53. The molecule has 0 atom stereocenters. The normalized spacial score (nSPS) is 10.4. The van der Waals surface area contributed by atoms with Crippen molar-refractivity contribution in [1.29, 1.82) is 0 Å². The molecule has 0 amide bonds. The van der Waals surface area contributed by atoms with Crippen LogP contribution in [-0.2, 0) is 6.42 Å². The number of hydrogen-bond donors (Lipinski definition) is 0. The fraction of sp³-hybridized carbons (Fsp3) is 0.200. The van der Waals surface area contributed by atoms with Crippen molar-refractivity contribution in [3.8, 4) is 0 Å². The molecule has 2 heterocycles. The van der Waals surface area contributed by atoms with Crippen LogP contribution in [0.2, 0.25) is 0 Å². The van der Waals surface area contributed by atoms with E-state index in [0.29, 0.717) is 0 Å². The van der Waals surface area contributed by atoms with E-state index in [1.54, 1.807) is 0 Å². The van der Waals surface area contributed by atoms with E-state index in [4.69, 9.17) is 0 Å². The Morgan fingerprint density at radius 2 is 2.08 bits per heavy atom. The summed E-state index contributed by atoms with van der Waals surface area (Å²) >= 11 is 3.67. The standard InChI is InChI=1S/C10H10S2/c1-8-9(4-6-11-8)7-10-3-2-5-12-10/h2-6H,7H2,1H3. The van der Waals surface area contributed by atoms with Crippen molar-refractivity contribution in [2.75, 3.05) is 0 Å². The van der Waals surface area contributed by atoms with Gasteiger partial charge in [0.15, 0.2) is 0 Å². The first kappa shape index (κ1) is 8.02. The van der Waals surface area contributed by atoms with E-state index >= 15 is 0 Å². The van der Waals surface area contributed by atoms with Gasteiger partial charge in [0.25, 0.3) is 0 Å². The second kappa shape index (κ2) is 3.42. The maximum Gasteiger partial charge on any atom is 0.00894 e. The Hall–Kier alpha value is -0.600. The molecule has 0 aliphatic carbocycles. The quantitative estimate of drug-likeness (QED) is 0.683. The molecule has 0 bridgehead atoms. The van der Waals surface area contributed by atoms with Crippen LogP contribution in [0.25, 0.3) is 0 Å². The highest BCUT2D eigenvalue weighted by Gasteiger charge is 2.00. The van der Waals surface area contributed by atoms with Crippen molar-refractivity contribution in [2.24, 2.45) is 0 Å². The first-order valence-corrected chi connectivity index (χ1v) is 5.67. The monoisotopic (exact) mass is 194 g/mol. The third kappa shape index (κ3) is 1.59. The number of aryl methyl sites for hydroxylation is 1. The van der Waals surface area contributed by atoms with Gasteiger partial charge in [-0.3, -0.25) is 0 Å². The van der Waals surface area contributed by atoms with E-state index in [0.717, 1.165) is 6.42 Å². The summed E-state index contributed by atoms with van der Waals surface area (Å²) in [5.74, 6) is 0. The van der Waals surface area contributed by atoms with Gasteiger partial charge in [0.05, 0.1) is 0 Å². The van der Waals surface area contributed by atoms with Gasteiger partial charge in [-0.25, -0.2) is 0 Å². The Labute approximate surface area is 80.5 Å². The molecule has 2 aromatic rings. The average molecular weight is 194 g/mol. The van der Waals surface area contributed by atoms with Crippen LogP contribution in [0, 0.1) is 6.92 Å². The van der Waals surface area contributed by atoms with Crippen LogP contribution < -0.4 is 0 Å². The summed E-state index contributed by atoms with van der Waals surface area (Å²) in [6.07, 6.45) is 1.10. The van der Waals surface area contributed by atoms with Crippen LogP contribution in [0.4, 0.5) is 0 Å². The molecule has 0 unspecified atom stereocenters. The lowest BCUT2D eigenvalue weighted by molar-refractivity contribution is 1.23. The van der Waals surface area contributed by atoms with Gasteiger partial charge in [-0.1, -0.05) is 6.07 Å². The van der Waals surface area contributed by atoms with Crippen LogP contribution in [0.5, 0.6) is 0 Å². The van der Waals surface area contributed by atoms with E-state index in [-0.39, 0.29) is 0 Å². The molecule has 0 radical (unpaired) electrons. The largest absolute Gasteiger partial charge is 0.149 e. The van der Waals surface area contributed by atoms with E-state index in [9.17, 15) is 0 Å². The molecule has 0 saturated heterocycles. The minimum Gasteiger partial charge on any atom is -0.149 e. The highest BCUT2D eigenvalue weighted by molar-refractivity contribution is 7.10. The zero-order valence-electron chi connectivity index (χ0n) is 6.91. The SMILES string of the molecule is Cc1sccc1Cc1cccs1. The van der Waals surface area contributed by atoms with Crippen LogP contribution in [0.15, 0.2) is 29.0 Å². The third-order valence-corrected chi connectivity index (χ3v) is 3.68. The van der Waals surface area contributed by atoms with Crippen molar-refractivity contribution in [1.82, 2.24) is 0 Å². The summed E-state index contributed by atoms with van der Waals surface area (Å²) in [7, 11) is 0. The smallest absolute Gasteiger partial charge is 0.00894 e. The van der Waals surface area contributed by atoms with Crippen molar-refractivity contribution < 1.29 is 0 Å². The van der Waals surface area contributed by atoms with Gasteiger partial charge < -0.3 is 0 Å². The maximum atomic E-state index is 2.22. The van der Waals surface area contributed by atoms with Gasteiger partial charge in [0.1, 0.15) is 0 Å². The zero-order valence-corrected chi connectivity index (χ0v) is 8.54. The van der Waals surface area contributed by atoms with Crippen LogP contribution in [-0.4, -0.2) is 0 Å². The lowest BCUT2D eigenvalue weighted by Crippen LogP contribution is -1.82. The third-order valence-electron chi connectivity index (χ3n) is 1.91. The summed E-state index contributed by atoms with van der Waals surface area (Å²) < 4.78 is 0. The number of thiophene rings is 2. The fourth-order valence-electron chi connectivity index (χ4n) is 1.20. The molecule has 0 saturated carbocycles. The van der Waals surface area contributed by atoms with Crippen molar-refractivity contribution in [3.05, 3.63) is 44.3 Å². The van der Waals surface area contributed by atoms with Crippen LogP contribution in [0.3, 0.4) is 0 Å². The van der Waals surface area contributed by atoms with E-state index < -0.39 is 0 Å². The summed E-state index contributed by atoms with van der Waals surface area (Å²) in [5.41, 5.74) is 1.47. The number of rotatable bonds is 2. The topological polar surface area (TPSA) is 0 Å². The first-order valence-electron chi connectivity index (χ1n) is 3.91. The molecule has 2 rings (SSSR count). The molecule has 0 fully saturated rings. The highest BCUT2D eigenvalue weighted by atomic mass is 32.1. The Kier molecular flexibility index (Phi) is 2.28. The average Bonchev–Trinajstić information content (AvgIpc) is 2.65. The lowest BCUT2D eigenvalue weighted by atomic mass is 10.2. The van der Waals surface area contributed by atoms with Crippen molar-refractivity contribution >= 4 is 22.7 Å². The second-order valence-corrected chi connectivity index (χ2v) is 4.91.